The van der Waals surface area contributed by atoms with Crippen molar-refractivity contribution in [2.45, 2.75) is 19.8 Å². The summed E-state index contributed by atoms with van der Waals surface area (Å²) in [6.45, 7) is 4.39. The molecule has 0 bridgehead atoms. The van der Waals surface area contributed by atoms with Crippen LogP contribution in [0.3, 0.4) is 0 Å². The Morgan fingerprint density at radius 2 is 1.71 bits per heavy atom. The van der Waals surface area contributed by atoms with Crippen molar-refractivity contribution in [3.05, 3.63) is 48.0 Å². The Labute approximate surface area is 99.0 Å². The Bertz CT molecular complexity index is 418. The van der Waals surface area contributed by atoms with Crippen molar-refractivity contribution in [2.24, 2.45) is 0 Å². The van der Waals surface area contributed by atoms with Gasteiger partial charge in [0.2, 0.25) is 0 Å². The van der Waals surface area contributed by atoms with Crippen LogP contribution in [0.1, 0.15) is 25.3 Å². The molecule has 0 N–H and O–H groups in total. The summed E-state index contributed by atoms with van der Waals surface area (Å²) >= 11 is 0. The second kappa shape index (κ2) is 4.73. The van der Waals surface area contributed by atoms with Crippen LogP contribution in [0, 0.1) is 6.07 Å². The second-order valence-electron chi connectivity index (χ2n) is 3.66. The minimum absolute atomic E-state index is 0. The average molecular weight is 355 g/mol. The minimum atomic E-state index is 0. The van der Waals surface area contributed by atoms with Crippen LogP contribution in [-0.4, -0.2) is 0 Å². The molecule has 0 spiro atoms. The number of fused-ring (bicyclic) bond motifs is 1. The van der Waals surface area contributed by atoms with E-state index in [-0.39, 0.29) is 20.4 Å². The molecule has 14 heavy (non-hydrogen) atoms. The molecule has 0 atom stereocenters. The van der Waals surface area contributed by atoms with E-state index >= 15 is 0 Å². The summed E-state index contributed by atoms with van der Waals surface area (Å²) in [7, 11) is 0. The van der Waals surface area contributed by atoms with Gasteiger partial charge in [-0.1, -0.05) is 26.0 Å². The zero-order chi connectivity index (χ0) is 9.26. The Kier molecular flexibility index (Phi) is 3.87. The zero-order valence-corrected chi connectivity index (χ0v) is 11.1. The van der Waals surface area contributed by atoms with E-state index in [1.54, 1.807) is 0 Å². The second-order valence-corrected chi connectivity index (χ2v) is 3.66. The Morgan fingerprint density at radius 3 is 2.43 bits per heavy atom. The molecule has 0 aromatic heterocycles. The number of rotatable bonds is 1. The molecule has 0 aliphatic carbocycles. The Morgan fingerprint density at radius 1 is 1.00 bits per heavy atom. The van der Waals surface area contributed by atoms with E-state index in [2.05, 4.69) is 56.3 Å². The first-order valence-corrected chi connectivity index (χ1v) is 4.68. The van der Waals surface area contributed by atoms with Gasteiger partial charge in [0.1, 0.15) is 0 Å². The molecular formula is C13H13Re-. The van der Waals surface area contributed by atoms with Gasteiger partial charge in [-0.25, -0.2) is 0 Å². The summed E-state index contributed by atoms with van der Waals surface area (Å²) in [5, 5.41) is 2.49. The number of hydrogen-bond donors (Lipinski definition) is 0. The van der Waals surface area contributed by atoms with Crippen LogP contribution in [0.2, 0.25) is 0 Å². The summed E-state index contributed by atoms with van der Waals surface area (Å²) < 4.78 is 0. The molecule has 0 heterocycles. The molecule has 0 aliphatic rings. The molecule has 0 saturated heterocycles. The van der Waals surface area contributed by atoms with Crippen molar-refractivity contribution in [3.8, 4) is 0 Å². The van der Waals surface area contributed by atoms with Crippen LogP contribution in [-0.2, 0) is 20.4 Å². The molecular weight excluding hydrogens is 342 g/mol. The third-order valence-corrected chi connectivity index (χ3v) is 2.30. The van der Waals surface area contributed by atoms with Gasteiger partial charge in [-0.3, -0.25) is 0 Å². The normalized spacial score (nSPS) is 10.2. The van der Waals surface area contributed by atoms with Crippen LogP contribution in [0.4, 0.5) is 0 Å². The summed E-state index contributed by atoms with van der Waals surface area (Å²) in [6, 6.07) is 16.1. The van der Waals surface area contributed by atoms with Crippen molar-refractivity contribution >= 4 is 10.8 Å². The molecule has 0 amide bonds. The standard InChI is InChI=1S/C13H13.Re/c1-10(2)12-8-7-11-5-3-4-6-13(11)9-12;/h3-8,10H,1-2H3;/q-1;. The fraction of sp³-hybridized carbons (Fsp3) is 0.231. The Balaban J connectivity index is 0.000000980. The molecule has 1 heteroatoms. The maximum absolute atomic E-state index is 3.43. The predicted octanol–water partition coefficient (Wildman–Crippen LogP) is 3.76. The zero-order valence-electron chi connectivity index (χ0n) is 8.42. The monoisotopic (exact) mass is 356 g/mol. The smallest absolute Gasteiger partial charge is 0 e. The van der Waals surface area contributed by atoms with E-state index in [0.29, 0.717) is 5.92 Å². The molecule has 1 radical (unpaired) electrons. The minimum Gasteiger partial charge on any atom is -0.143 e. The van der Waals surface area contributed by atoms with Gasteiger partial charge in [-0.05, 0) is 5.92 Å². The van der Waals surface area contributed by atoms with E-state index in [9.17, 15) is 0 Å². The third-order valence-electron chi connectivity index (χ3n) is 2.30. The molecule has 2 rings (SSSR count). The fourth-order valence-corrected chi connectivity index (χ4v) is 1.47. The van der Waals surface area contributed by atoms with Crippen molar-refractivity contribution in [3.63, 3.8) is 0 Å². The Hall–Kier alpha value is -0.638. The SMILES string of the molecule is CC(C)c1[c-]c2ccccc2cc1.[Re]. The van der Waals surface area contributed by atoms with Gasteiger partial charge in [-0.15, -0.1) is 46.7 Å². The van der Waals surface area contributed by atoms with Gasteiger partial charge >= 0.3 is 0 Å². The largest absolute Gasteiger partial charge is 0.143 e. The summed E-state index contributed by atoms with van der Waals surface area (Å²) in [5.74, 6) is 0.560. The first-order valence-electron chi connectivity index (χ1n) is 4.68. The molecule has 0 fully saturated rings. The van der Waals surface area contributed by atoms with E-state index in [1.807, 2.05) is 0 Å². The van der Waals surface area contributed by atoms with E-state index in [1.165, 1.54) is 16.3 Å². The maximum atomic E-state index is 3.43. The van der Waals surface area contributed by atoms with Crippen molar-refractivity contribution in [1.82, 2.24) is 0 Å². The third kappa shape index (κ3) is 2.24. The van der Waals surface area contributed by atoms with E-state index in [4.69, 9.17) is 0 Å². The van der Waals surface area contributed by atoms with Crippen LogP contribution < -0.4 is 0 Å². The van der Waals surface area contributed by atoms with Crippen LogP contribution in [0.5, 0.6) is 0 Å². The van der Waals surface area contributed by atoms with Gasteiger partial charge in [0.25, 0.3) is 0 Å². The number of benzene rings is 2. The van der Waals surface area contributed by atoms with E-state index in [0.717, 1.165) is 0 Å². The van der Waals surface area contributed by atoms with Crippen LogP contribution in [0.25, 0.3) is 10.8 Å². The van der Waals surface area contributed by atoms with Crippen LogP contribution in [0.15, 0.2) is 36.4 Å². The molecule has 0 aliphatic heterocycles. The fourth-order valence-electron chi connectivity index (χ4n) is 1.47. The summed E-state index contributed by atoms with van der Waals surface area (Å²) in [6.07, 6.45) is 0. The van der Waals surface area contributed by atoms with Gasteiger partial charge in [0.15, 0.2) is 0 Å². The number of hydrogen-bond acceptors (Lipinski definition) is 0. The topological polar surface area (TPSA) is 0 Å². The summed E-state index contributed by atoms with van der Waals surface area (Å²) in [4.78, 5) is 0. The van der Waals surface area contributed by atoms with Crippen molar-refractivity contribution < 1.29 is 20.4 Å². The van der Waals surface area contributed by atoms with E-state index < -0.39 is 0 Å². The predicted molar refractivity (Wildman–Crippen MR) is 56.9 cm³/mol. The quantitative estimate of drug-likeness (QED) is 0.684. The molecule has 73 valence electrons. The van der Waals surface area contributed by atoms with Crippen LogP contribution >= 0.6 is 0 Å². The van der Waals surface area contributed by atoms with Crippen molar-refractivity contribution in [1.29, 1.82) is 0 Å². The van der Waals surface area contributed by atoms with Gasteiger partial charge in [0, 0.05) is 20.4 Å². The van der Waals surface area contributed by atoms with Gasteiger partial charge in [-0.2, -0.15) is 0 Å². The molecule has 0 nitrogen and oxygen atoms in total. The molecule has 0 saturated carbocycles. The first kappa shape index (κ1) is 11.4. The summed E-state index contributed by atoms with van der Waals surface area (Å²) in [5.41, 5.74) is 1.29. The van der Waals surface area contributed by atoms with Gasteiger partial charge < -0.3 is 0 Å². The maximum Gasteiger partial charge on any atom is 0 e. The first-order chi connectivity index (χ1) is 6.27. The average Bonchev–Trinajstić information content (AvgIpc) is 2.17. The van der Waals surface area contributed by atoms with Gasteiger partial charge in [0.05, 0.1) is 0 Å². The molecule has 0 unspecified atom stereocenters. The molecule has 2 aromatic carbocycles. The van der Waals surface area contributed by atoms with Crippen molar-refractivity contribution in [2.75, 3.05) is 0 Å². The molecule has 2 aromatic rings.